The van der Waals surface area contributed by atoms with Gasteiger partial charge in [-0.15, -0.1) is 12.1 Å². The quantitative estimate of drug-likeness (QED) is 0.102. The van der Waals surface area contributed by atoms with Crippen molar-refractivity contribution in [2.45, 2.75) is 26.2 Å². The number of ether oxygens (including phenoxy) is 1. The summed E-state index contributed by atoms with van der Waals surface area (Å²) >= 11 is 0. The SMILES string of the molecule is CC(C)(C)c1cccc2c3ccc(Oc4[c-]c5c(cc4)c4ccccc4n4c6ccccc6nc54)[c-]c3c3nc4ccccc4n3c12.[Pd+2]. The Balaban J connectivity index is 0.00000314. The first-order chi connectivity index (χ1) is 22.9. The number of pyridine rings is 2. The molecule has 0 N–H and O–H groups in total. The van der Waals surface area contributed by atoms with Crippen LogP contribution in [0.2, 0.25) is 0 Å². The fourth-order valence-corrected chi connectivity index (χ4v) is 7.35. The van der Waals surface area contributed by atoms with Crippen LogP contribution >= 0.6 is 0 Å². The molecule has 0 fully saturated rings. The van der Waals surface area contributed by atoms with Crippen LogP contribution in [0.25, 0.3) is 76.7 Å². The zero-order chi connectivity index (χ0) is 31.4. The summed E-state index contributed by atoms with van der Waals surface area (Å²) in [7, 11) is 0. The van der Waals surface area contributed by atoms with Crippen LogP contribution in [0.3, 0.4) is 0 Å². The first-order valence-corrected chi connectivity index (χ1v) is 15.9. The van der Waals surface area contributed by atoms with Crippen LogP contribution in [0.1, 0.15) is 26.3 Å². The van der Waals surface area contributed by atoms with E-state index in [1.807, 2.05) is 24.3 Å². The number of benzene rings is 6. The molecule has 0 atom stereocenters. The van der Waals surface area contributed by atoms with E-state index in [4.69, 9.17) is 14.7 Å². The Kier molecular flexibility index (Phi) is 6.24. The molecule has 0 saturated heterocycles. The van der Waals surface area contributed by atoms with Gasteiger partial charge in [0, 0.05) is 22.5 Å². The minimum absolute atomic E-state index is 0. The molecule has 0 unspecified atom stereocenters. The first-order valence-electron chi connectivity index (χ1n) is 15.9. The molecule has 6 aromatic carbocycles. The van der Waals surface area contributed by atoms with Gasteiger partial charge in [0.05, 0.1) is 33.4 Å². The Morgan fingerprint density at radius 3 is 1.69 bits per heavy atom. The van der Waals surface area contributed by atoms with Crippen molar-refractivity contribution in [1.82, 2.24) is 18.8 Å². The van der Waals surface area contributed by atoms with Gasteiger partial charge in [0.25, 0.3) is 0 Å². The Morgan fingerprint density at radius 2 is 1.04 bits per heavy atom. The number of rotatable bonds is 2. The van der Waals surface area contributed by atoms with E-state index in [-0.39, 0.29) is 25.8 Å². The molecular weight excluding hydrogens is 683 g/mol. The van der Waals surface area contributed by atoms with E-state index in [9.17, 15) is 0 Å². The molecule has 0 aliphatic heterocycles. The fraction of sp³-hybridized carbons (Fsp3) is 0.0952. The van der Waals surface area contributed by atoms with Gasteiger partial charge in [0.15, 0.2) is 0 Å². The van der Waals surface area contributed by atoms with Gasteiger partial charge in [-0.05, 0) is 52.1 Å². The second-order valence-electron chi connectivity index (χ2n) is 13.3. The summed E-state index contributed by atoms with van der Waals surface area (Å²) in [5.41, 5.74) is 9.31. The summed E-state index contributed by atoms with van der Waals surface area (Å²) in [4.78, 5) is 10.2. The zero-order valence-corrected chi connectivity index (χ0v) is 28.0. The van der Waals surface area contributed by atoms with Crippen molar-refractivity contribution in [2.75, 3.05) is 0 Å². The minimum Gasteiger partial charge on any atom is -0.497 e. The largest absolute Gasteiger partial charge is 2.00 e. The standard InChI is InChI=1S/C42H28N4O.Pd/c1-42(2,3)33-13-10-12-30-28-22-20-26(24-32(28)41-44-35-15-6-9-18-38(35)46(41)39(30)33)47-25-19-21-27-29-11-4-7-16-36(29)45-37-17-8-5-14-34(37)43-40(45)31(27)23-25;/h4-22H,1-3H3;/q-2;+2. The molecule has 4 heterocycles. The van der Waals surface area contributed by atoms with Gasteiger partial charge in [-0.25, -0.2) is 0 Å². The molecule has 0 spiro atoms. The van der Waals surface area contributed by atoms with Crippen molar-refractivity contribution in [2.24, 2.45) is 0 Å². The second-order valence-corrected chi connectivity index (χ2v) is 13.3. The molecule has 0 aliphatic rings. The van der Waals surface area contributed by atoms with Crippen molar-refractivity contribution >= 4 is 76.7 Å². The van der Waals surface area contributed by atoms with Crippen LogP contribution in [0.5, 0.6) is 11.5 Å². The predicted molar refractivity (Wildman–Crippen MR) is 192 cm³/mol. The topological polar surface area (TPSA) is 43.8 Å². The number of hydrogen-bond donors (Lipinski definition) is 0. The summed E-state index contributed by atoms with van der Waals surface area (Å²) in [6.45, 7) is 6.80. The number of fused-ring (bicyclic) bond motifs is 16. The normalized spacial score (nSPS) is 12.3. The van der Waals surface area contributed by atoms with Gasteiger partial charge >= 0.3 is 20.4 Å². The van der Waals surface area contributed by atoms with E-state index in [2.05, 4.69) is 133 Å². The Hall–Kier alpha value is -5.28. The number of nitrogens with zero attached hydrogens (tertiary/aromatic N) is 4. The van der Waals surface area contributed by atoms with Gasteiger partial charge < -0.3 is 13.5 Å². The van der Waals surface area contributed by atoms with Gasteiger partial charge in [-0.2, -0.15) is 0 Å². The summed E-state index contributed by atoms with van der Waals surface area (Å²) in [5.74, 6) is 1.22. The van der Waals surface area contributed by atoms with Crippen molar-refractivity contribution in [1.29, 1.82) is 0 Å². The van der Waals surface area contributed by atoms with Crippen LogP contribution in [-0.2, 0) is 25.8 Å². The molecule has 5 nitrogen and oxygen atoms in total. The molecule has 10 aromatic rings. The maximum Gasteiger partial charge on any atom is 2.00 e. The third-order valence-electron chi connectivity index (χ3n) is 9.42. The second kappa shape index (κ2) is 10.4. The van der Waals surface area contributed by atoms with Crippen LogP contribution < -0.4 is 4.74 Å². The summed E-state index contributed by atoms with van der Waals surface area (Å²) < 4.78 is 11.1. The van der Waals surface area contributed by atoms with E-state index in [0.717, 1.165) is 65.8 Å². The Labute approximate surface area is 290 Å². The molecule has 10 rings (SSSR count). The average Bonchev–Trinajstić information content (AvgIpc) is 3.68. The number of hydrogen-bond acceptors (Lipinski definition) is 3. The molecule has 0 amide bonds. The predicted octanol–water partition coefficient (Wildman–Crippen LogP) is 10.6. The van der Waals surface area contributed by atoms with Crippen molar-refractivity contribution in [3.63, 3.8) is 0 Å². The van der Waals surface area contributed by atoms with Crippen LogP contribution in [0.15, 0.2) is 115 Å². The number of aromatic nitrogens is 4. The maximum absolute atomic E-state index is 6.56. The third kappa shape index (κ3) is 4.07. The van der Waals surface area contributed by atoms with E-state index in [0.29, 0.717) is 11.5 Å². The van der Waals surface area contributed by atoms with E-state index in [1.165, 1.54) is 16.5 Å². The first kappa shape index (κ1) is 28.9. The van der Waals surface area contributed by atoms with Gasteiger partial charge in [-0.1, -0.05) is 127 Å². The van der Waals surface area contributed by atoms with Crippen molar-refractivity contribution < 1.29 is 25.2 Å². The molecule has 0 radical (unpaired) electrons. The number of para-hydroxylation sites is 6. The molecule has 4 aromatic heterocycles. The Morgan fingerprint density at radius 1 is 0.521 bits per heavy atom. The summed E-state index contributed by atoms with van der Waals surface area (Å²) in [6, 6.07) is 47.1. The van der Waals surface area contributed by atoms with Crippen LogP contribution in [0.4, 0.5) is 0 Å². The van der Waals surface area contributed by atoms with Gasteiger partial charge in [0.1, 0.15) is 0 Å². The van der Waals surface area contributed by atoms with Crippen LogP contribution in [0, 0.1) is 12.1 Å². The molecule has 0 aliphatic carbocycles. The molecular formula is C42H28N4OPd. The van der Waals surface area contributed by atoms with Crippen molar-refractivity contribution in [3.05, 3.63) is 133 Å². The average molecular weight is 711 g/mol. The van der Waals surface area contributed by atoms with Crippen molar-refractivity contribution in [3.8, 4) is 11.5 Å². The third-order valence-corrected chi connectivity index (χ3v) is 9.42. The molecule has 6 heteroatoms. The monoisotopic (exact) mass is 710 g/mol. The maximum atomic E-state index is 6.56. The fourth-order valence-electron chi connectivity index (χ4n) is 7.35. The molecule has 232 valence electrons. The van der Waals surface area contributed by atoms with E-state index in [1.54, 1.807) is 0 Å². The van der Waals surface area contributed by atoms with Crippen LogP contribution in [-0.4, -0.2) is 18.8 Å². The van der Waals surface area contributed by atoms with E-state index >= 15 is 0 Å². The summed E-state index contributed by atoms with van der Waals surface area (Å²) in [5, 5.41) is 6.34. The molecule has 0 bridgehead atoms. The minimum atomic E-state index is -0.0540. The Bertz CT molecular complexity index is 2930. The molecule has 0 saturated carbocycles. The zero-order valence-electron chi connectivity index (χ0n) is 26.5. The van der Waals surface area contributed by atoms with Gasteiger partial charge in [-0.3, -0.25) is 9.97 Å². The molecule has 48 heavy (non-hydrogen) atoms. The van der Waals surface area contributed by atoms with Gasteiger partial charge in [0.2, 0.25) is 0 Å². The number of imidazole rings is 2. The smallest absolute Gasteiger partial charge is 0.497 e. The van der Waals surface area contributed by atoms with E-state index < -0.39 is 0 Å². The summed E-state index contributed by atoms with van der Waals surface area (Å²) in [6.07, 6.45) is 0.